The van der Waals surface area contributed by atoms with Crippen LogP contribution in [0.25, 0.3) is 10.6 Å². The van der Waals surface area contributed by atoms with Gasteiger partial charge in [0.25, 0.3) is 6.43 Å². The number of benzene rings is 1. The molecule has 88 valence electrons. The van der Waals surface area contributed by atoms with E-state index in [1.165, 1.54) is 12.1 Å². The lowest BCUT2D eigenvalue weighted by atomic mass is 10.1. The molecule has 0 spiro atoms. The standard InChI is InChI=1S/C11H7F2NO2S/c12-9(13)8-5-14-10(17-8)6-1-3-7(4-2-6)11(15)16/h1-5,9H,(H,15,16). The molecular weight excluding hydrogens is 248 g/mol. The van der Waals surface area contributed by atoms with Crippen LogP contribution in [0.15, 0.2) is 30.5 Å². The van der Waals surface area contributed by atoms with Crippen LogP contribution in [-0.4, -0.2) is 16.1 Å². The van der Waals surface area contributed by atoms with Crippen LogP contribution >= 0.6 is 11.3 Å². The van der Waals surface area contributed by atoms with Gasteiger partial charge in [0.1, 0.15) is 5.01 Å². The maximum atomic E-state index is 12.4. The summed E-state index contributed by atoms with van der Waals surface area (Å²) >= 11 is 0.900. The zero-order chi connectivity index (χ0) is 12.4. The summed E-state index contributed by atoms with van der Waals surface area (Å²) in [7, 11) is 0. The number of thiazole rings is 1. The summed E-state index contributed by atoms with van der Waals surface area (Å²) < 4.78 is 24.7. The van der Waals surface area contributed by atoms with Crippen LogP contribution < -0.4 is 0 Å². The van der Waals surface area contributed by atoms with E-state index in [1.807, 2.05) is 0 Å². The molecule has 0 aliphatic rings. The first-order chi connectivity index (χ1) is 8.08. The van der Waals surface area contributed by atoms with Gasteiger partial charge in [0.05, 0.1) is 10.4 Å². The molecule has 0 aliphatic heterocycles. The summed E-state index contributed by atoms with van der Waals surface area (Å²) in [5.41, 5.74) is 0.784. The molecule has 0 amide bonds. The first-order valence-corrected chi connectivity index (χ1v) is 5.47. The van der Waals surface area contributed by atoms with Crippen molar-refractivity contribution in [3.8, 4) is 10.6 Å². The number of halogens is 2. The van der Waals surface area contributed by atoms with Crippen molar-refractivity contribution in [1.29, 1.82) is 0 Å². The van der Waals surface area contributed by atoms with Crippen LogP contribution in [0.2, 0.25) is 0 Å². The van der Waals surface area contributed by atoms with E-state index < -0.39 is 12.4 Å². The Morgan fingerprint density at radius 1 is 1.29 bits per heavy atom. The minimum absolute atomic E-state index is 0.0951. The number of carbonyl (C=O) groups is 1. The molecule has 1 N–H and O–H groups in total. The van der Waals surface area contributed by atoms with Gasteiger partial charge in [0.15, 0.2) is 0 Å². The van der Waals surface area contributed by atoms with Gasteiger partial charge in [-0.1, -0.05) is 12.1 Å². The van der Waals surface area contributed by atoms with Crippen molar-refractivity contribution in [2.75, 3.05) is 0 Å². The fraction of sp³-hybridized carbons (Fsp3) is 0.0909. The molecule has 2 aromatic rings. The number of alkyl halides is 2. The molecular formula is C11H7F2NO2S. The quantitative estimate of drug-likeness (QED) is 0.913. The van der Waals surface area contributed by atoms with E-state index in [0.717, 1.165) is 17.5 Å². The summed E-state index contributed by atoms with van der Waals surface area (Å²) in [4.78, 5) is 14.4. The van der Waals surface area contributed by atoms with Gasteiger partial charge in [0, 0.05) is 11.8 Å². The van der Waals surface area contributed by atoms with Crippen LogP contribution in [-0.2, 0) is 0 Å². The second-order valence-electron chi connectivity index (χ2n) is 3.25. The molecule has 0 saturated heterocycles. The van der Waals surface area contributed by atoms with Crippen LogP contribution in [0, 0.1) is 0 Å². The molecule has 0 unspecified atom stereocenters. The van der Waals surface area contributed by atoms with Gasteiger partial charge in [-0.15, -0.1) is 11.3 Å². The number of nitrogens with zero attached hydrogens (tertiary/aromatic N) is 1. The summed E-state index contributed by atoms with van der Waals surface area (Å²) in [6.07, 6.45) is -1.39. The van der Waals surface area contributed by atoms with Crippen molar-refractivity contribution in [2.24, 2.45) is 0 Å². The molecule has 0 fully saturated rings. The Labute approximate surface area is 99.4 Å². The van der Waals surface area contributed by atoms with Crippen molar-refractivity contribution in [1.82, 2.24) is 4.98 Å². The molecule has 0 bridgehead atoms. The number of aromatic carboxylic acids is 1. The van der Waals surface area contributed by atoms with E-state index >= 15 is 0 Å². The molecule has 17 heavy (non-hydrogen) atoms. The second kappa shape index (κ2) is 4.58. The predicted molar refractivity (Wildman–Crippen MR) is 59.5 cm³/mol. The SMILES string of the molecule is O=C(O)c1ccc(-c2ncc(C(F)F)s2)cc1. The highest BCUT2D eigenvalue weighted by Gasteiger charge is 2.12. The number of carboxylic acid groups (broad SMARTS) is 1. The minimum atomic E-state index is -2.53. The number of rotatable bonds is 3. The monoisotopic (exact) mass is 255 g/mol. The number of aromatic nitrogens is 1. The van der Waals surface area contributed by atoms with Gasteiger partial charge in [-0.3, -0.25) is 0 Å². The Hall–Kier alpha value is -1.82. The third kappa shape index (κ3) is 2.47. The van der Waals surface area contributed by atoms with Crippen molar-refractivity contribution in [2.45, 2.75) is 6.43 Å². The summed E-state index contributed by atoms with van der Waals surface area (Å²) in [5, 5.41) is 9.17. The molecule has 2 rings (SSSR count). The number of hydrogen-bond acceptors (Lipinski definition) is 3. The zero-order valence-corrected chi connectivity index (χ0v) is 9.25. The van der Waals surface area contributed by atoms with Gasteiger partial charge in [-0.25, -0.2) is 18.6 Å². The lowest BCUT2D eigenvalue weighted by Crippen LogP contribution is -1.94. The molecule has 1 aromatic carbocycles. The fourth-order valence-electron chi connectivity index (χ4n) is 1.28. The van der Waals surface area contributed by atoms with E-state index in [0.29, 0.717) is 10.6 Å². The Bertz CT molecular complexity index is 537. The van der Waals surface area contributed by atoms with Crippen molar-refractivity contribution in [3.63, 3.8) is 0 Å². The van der Waals surface area contributed by atoms with Gasteiger partial charge in [-0.2, -0.15) is 0 Å². The first-order valence-electron chi connectivity index (χ1n) is 4.65. The second-order valence-corrected chi connectivity index (χ2v) is 4.31. The zero-order valence-electron chi connectivity index (χ0n) is 8.43. The highest BCUT2D eigenvalue weighted by Crippen LogP contribution is 2.30. The summed E-state index contributed by atoms with van der Waals surface area (Å²) in [6.45, 7) is 0. The Balaban J connectivity index is 2.30. The topological polar surface area (TPSA) is 50.2 Å². The molecule has 0 atom stereocenters. The average molecular weight is 255 g/mol. The van der Waals surface area contributed by atoms with Crippen LogP contribution in [0.5, 0.6) is 0 Å². The third-order valence-electron chi connectivity index (χ3n) is 2.12. The van der Waals surface area contributed by atoms with Gasteiger partial charge >= 0.3 is 5.97 Å². The molecule has 0 radical (unpaired) electrons. The van der Waals surface area contributed by atoms with E-state index in [4.69, 9.17) is 5.11 Å². The van der Waals surface area contributed by atoms with Crippen molar-refractivity contribution >= 4 is 17.3 Å². The lowest BCUT2D eigenvalue weighted by molar-refractivity contribution is 0.0697. The van der Waals surface area contributed by atoms with Crippen molar-refractivity contribution < 1.29 is 18.7 Å². The van der Waals surface area contributed by atoms with Gasteiger partial charge < -0.3 is 5.11 Å². The van der Waals surface area contributed by atoms with E-state index in [1.54, 1.807) is 12.1 Å². The Morgan fingerprint density at radius 3 is 2.41 bits per heavy atom. The third-order valence-corrected chi connectivity index (χ3v) is 3.17. The molecule has 3 nitrogen and oxygen atoms in total. The van der Waals surface area contributed by atoms with Crippen LogP contribution in [0.3, 0.4) is 0 Å². The molecule has 0 saturated carbocycles. The number of carboxylic acids is 1. The van der Waals surface area contributed by atoms with Gasteiger partial charge in [0.2, 0.25) is 0 Å². The Morgan fingerprint density at radius 2 is 1.94 bits per heavy atom. The van der Waals surface area contributed by atoms with E-state index in [9.17, 15) is 13.6 Å². The maximum absolute atomic E-state index is 12.4. The molecule has 1 aromatic heterocycles. The summed E-state index contributed by atoms with van der Waals surface area (Å²) in [5.74, 6) is -1.02. The first kappa shape index (κ1) is 11.7. The Kier molecular flexibility index (Phi) is 3.14. The van der Waals surface area contributed by atoms with Crippen LogP contribution in [0.1, 0.15) is 21.7 Å². The smallest absolute Gasteiger partial charge is 0.335 e. The van der Waals surface area contributed by atoms with Crippen molar-refractivity contribution in [3.05, 3.63) is 40.9 Å². The van der Waals surface area contributed by atoms with E-state index in [-0.39, 0.29) is 10.4 Å². The predicted octanol–water partition coefficient (Wildman–Crippen LogP) is 3.45. The molecule has 1 heterocycles. The fourth-order valence-corrected chi connectivity index (χ4v) is 2.05. The molecule has 0 aliphatic carbocycles. The minimum Gasteiger partial charge on any atom is -0.478 e. The summed E-state index contributed by atoms with van der Waals surface area (Å²) in [6, 6.07) is 5.94. The lowest BCUT2D eigenvalue weighted by Gasteiger charge is -1.97. The highest BCUT2D eigenvalue weighted by atomic mass is 32.1. The van der Waals surface area contributed by atoms with Gasteiger partial charge in [-0.05, 0) is 12.1 Å². The average Bonchev–Trinajstić information content (AvgIpc) is 2.78. The highest BCUT2D eigenvalue weighted by molar-refractivity contribution is 7.15. The normalized spacial score (nSPS) is 10.8. The number of hydrogen-bond donors (Lipinski definition) is 1. The van der Waals surface area contributed by atoms with Crippen LogP contribution in [0.4, 0.5) is 8.78 Å². The largest absolute Gasteiger partial charge is 0.478 e. The van der Waals surface area contributed by atoms with E-state index in [2.05, 4.69) is 4.98 Å². The maximum Gasteiger partial charge on any atom is 0.335 e. The molecule has 6 heteroatoms.